The molecule has 2 aromatic rings. The number of fused-ring (bicyclic) bond motifs is 1. The molecule has 122 valence electrons. The predicted molar refractivity (Wildman–Crippen MR) is 94.3 cm³/mol. The molecular formula is C18H21ClN2O2. The summed E-state index contributed by atoms with van der Waals surface area (Å²) in [5.41, 5.74) is 8.19. The molecule has 0 saturated heterocycles. The average molecular weight is 333 g/mol. The van der Waals surface area contributed by atoms with Crippen LogP contribution < -0.4 is 15.4 Å². The number of carbonyl (C=O) groups is 1. The normalized spacial score (nSPS) is 15.3. The van der Waals surface area contributed by atoms with Gasteiger partial charge in [-0.25, -0.2) is 0 Å². The number of rotatable bonds is 3. The van der Waals surface area contributed by atoms with Crippen LogP contribution in [-0.4, -0.2) is 19.6 Å². The van der Waals surface area contributed by atoms with E-state index in [2.05, 4.69) is 0 Å². The van der Waals surface area contributed by atoms with Gasteiger partial charge in [-0.2, -0.15) is 0 Å². The second-order valence-electron chi connectivity index (χ2n) is 5.77. The van der Waals surface area contributed by atoms with Gasteiger partial charge >= 0.3 is 0 Å². The fourth-order valence-electron chi connectivity index (χ4n) is 2.90. The van der Waals surface area contributed by atoms with E-state index in [1.165, 1.54) is 0 Å². The van der Waals surface area contributed by atoms with Crippen molar-refractivity contribution >= 4 is 24.0 Å². The largest absolute Gasteiger partial charge is 0.497 e. The highest BCUT2D eigenvalue weighted by molar-refractivity contribution is 6.02. The minimum absolute atomic E-state index is 0. The van der Waals surface area contributed by atoms with Crippen LogP contribution in [0.25, 0.3) is 0 Å². The SMILES string of the molecule is COc1ccc2c(c1)CCN2C(=O)C(C)(N)c1ccccc1.Cl. The molecule has 0 aromatic heterocycles. The Bertz CT molecular complexity index is 701. The Kier molecular flexibility index (Phi) is 4.97. The van der Waals surface area contributed by atoms with Crippen LogP contribution in [0.1, 0.15) is 18.1 Å². The molecule has 2 N–H and O–H groups in total. The molecule has 0 aliphatic carbocycles. The molecule has 0 fully saturated rings. The van der Waals surface area contributed by atoms with Gasteiger partial charge in [0.25, 0.3) is 5.91 Å². The third kappa shape index (κ3) is 3.05. The first-order valence-corrected chi connectivity index (χ1v) is 7.37. The van der Waals surface area contributed by atoms with E-state index in [4.69, 9.17) is 10.5 Å². The van der Waals surface area contributed by atoms with Crippen LogP contribution in [0, 0.1) is 0 Å². The molecule has 0 radical (unpaired) electrons. The van der Waals surface area contributed by atoms with E-state index >= 15 is 0 Å². The Morgan fingerprint density at radius 2 is 1.91 bits per heavy atom. The molecule has 1 aliphatic rings. The van der Waals surface area contributed by atoms with Crippen molar-refractivity contribution < 1.29 is 9.53 Å². The zero-order valence-electron chi connectivity index (χ0n) is 13.3. The van der Waals surface area contributed by atoms with Crippen molar-refractivity contribution in [3.63, 3.8) is 0 Å². The van der Waals surface area contributed by atoms with Crippen molar-refractivity contribution in [3.05, 3.63) is 59.7 Å². The predicted octanol–water partition coefficient (Wildman–Crippen LogP) is 2.88. The highest BCUT2D eigenvalue weighted by atomic mass is 35.5. The van der Waals surface area contributed by atoms with Crippen LogP contribution in [0.3, 0.4) is 0 Å². The number of halogens is 1. The monoisotopic (exact) mass is 332 g/mol. The maximum atomic E-state index is 13.0. The Morgan fingerprint density at radius 3 is 2.57 bits per heavy atom. The van der Waals surface area contributed by atoms with Gasteiger partial charge in [-0.1, -0.05) is 30.3 Å². The van der Waals surface area contributed by atoms with Crippen LogP contribution in [0.4, 0.5) is 5.69 Å². The zero-order chi connectivity index (χ0) is 15.7. The van der Waals surface area contributed by atoms with Crippen LogP contribution in [0.15, 0.2) is 48.5 Å². The lowest BCUT2D eigenvalue weighted by molar-refractivity contribution is -0.123. The van der Waals surface area contributed by atoms with Crippen LogP contribution in [0.5, 0.6) is 5.75 Å². The van der Waals surface area contributed by atoms with E-state index in [-0.39, 0.29) is 18.3 Å². The second kappa shape index (κ2) is 6.60. The third-order valence-electron chi connectivity index (χ3n) is 4.25. The number of nitrogens with two attached hydrogens (primary N) is 1. The molecule has 23 heavy (non-hydrogen) atoms. The first kappa shape index (κ1) is 17.3. The Balaban J connectivity index is 0.00000192. The van der Waals surface area contributed by atoms with Crippen molar-refractivity contribution in [2.75, 3.05) is 18.6 Å². The van der Waals surface area contributed by atoms with Crippen LogP contribution in [0.2, 0.25) is 0 Å². The number of hydrogen-bond acceptors (Lipinski definition) is 3. The number of anilines is 1. The first-order valence-electron chi connectivity index (χ1n) is 7.37. The molecular weight excluding hydrogens is 312 g/mol. The fourth-order valence-corrected chi connectivity index (χ4v) is 2.90. The highest BCUT2D eigenvalue weighted by Crippen LogP contribution is 2.34. The lowest BCUT2D eigenvalue weighted by Crippen LogP contribution is -2.50. The second-order valence-corrected chi connectivity index (χ2v) is 5.77. The highest BCUT2D eigenvalue weighted by Gasteiger charge is 2.37. The standard InChI is InChI=1S/C18H20N2O2.ClH/c1-18(19,14-6-4-3-5-7-14)17(21)20-11-10-13-12-15(22-2)8-9-16(13)20;/h3-9,12H,10-11,19H2,1-2H3;1H. The Labute approximate surface area is 142 Å². The average Bonchev–Trinajstić information content (AvgIpc) is 2.97. The van der Waals surface area contributed by atoms with Gasteiger partial charge in [0.1, 0.15) is 11.3 Å². The van der Waals surface area contributed by atoms with Gasteiger partial charge in [0.05, 0.1) is 7.11 Å². The van der Waals surface area contributed by atoms with E-state index in [0.29, 0.717) is 6.54 Å². The van der Waals surface area contributed by atoms with Crippen LogP contribution in [-0.2, 0) is 16.8 Å². The van der Waals surface area contributed by atoms with Crippen molar-refractivity contribution in [3.8, 4) is 5.75 Å². The lowest BCUT2D eigenvalue weighted by atomic mass is 9.91. The van der Waals surface area contributed by atoms with Gasteiger partial charge in [-0.15, -0.1) is 12.4 Å². The molecule has 4 nitrogen and oxygen atoms in total. The minimum Gasteiger partial charge on any atom is -0.497 e. The molecule has 2 aromatic carbocycles. The fraction of sp³-hybridized carbons (Fsp3) is 0.278. The lowest BCUT2D eigenvalue weighted by Gasteiger charge is -2.30. The summed E-state index contributed by atoms with van der Waals surface area (Å²) in [5, 5.41) is 0. The van der Waals surface area contributed by atoms with Gasteiger partial charge in [-0.05, 0) is 42.7 Å². The number of methoxy groups -OCH3 is 1. The maximum absolute atomic E-state index is 13.0. The summed E-state index contributed by atoms with van der Waals surface area (Å²) < 4.78 is 5.24. The zero-order valence-corrected chi connectivity index (χ0v) is 14.1. The summed E-state index contributed by atoms with van der Waals surface area (Å²) in [4.78, 5) is 14.7. The van der Waals surface area contributed by atoms with Gasteiger partial charge in [0.15, 0.2) is 0 Å². The summed E-state index contributed by atoms with van der Waals surface area (Å²) in [6, 6.07) is 15.3. The molecule has 5 heteroatoms. The molecule has 1 atom stereocenters. The summed E-state index contributed by atoms with van der Waals surface area (Å²) in [6.45, 7) is 2.42. The van der Waals surface area contributed by atoms with Gasteiger partial charge < -0.3 is 15.4 Å². The van der Waals surface area contributed by atoms with E-state index < -0.39 is 5.54 Å². The van der Waals surface area contributed by atoms with Gasteiger partial charge in [0.2, 0.25) is 0 Å². The van der Waals surface area contributed by atoms with Gasteiger partial charge in [-0.3, -0.25) is 4.79 Å². The first-order chi connectivity index (χ1) is 10.5. The van der Waals surface area contributed by atoms with E-state index in [9.17, 15) is 4.79 Å². The van der Waals surface area contributed by atoms with E-state index in [1.807, 2.05) is 48.5 Å². The van der Waals surface area contributed by atoms with Crippen molar-refractivity contribution in [2.24, 2.45) is 5.73 Å². The van der Waals surface area contributed by atoms with Crippen molar-refractivity contribution in [1.29, 1.82) is 0 Å². The minimum atomic E-state index is -1.04. The summed E-state index contributed by atoms with van der Waals surface area (Å²) in [7, 11) is 1.64. The molecule has 1 unspecified atom stereocenters. The summed E-state index contributed by atoms with van der Waals surface area (Å²) >= 11 is 0. The molecule has 1 amide bonds. The van der Waals surface area contributed by atoms with Crippen molar-refractivity contribution in [1.82, 2.24) is 0 Å². The number of hydrogen-bond donors (Lipinski definition) is 1. The smallest absolute Gasteiger partial charge is 0.251 e. The van der Waals surface area contributed by atoms with Crippen molar-refractivity contribution in [2.45, 2.75) is 18.9 Å². The third-order valence-corrected chi connectivity index (χ3v) is 4.25. The molecule has 1 aliphatic heterocycles. The van der Waals surface area contributed by atoms with E-state index in [1.54, 1.807) is 18.9 Å². The molecule has 0 bridgehead atoms. The molecule has 1 heterocycles. The van der Waals surface area contributed by atoms with E-state index in [0.717, 1.165) is 29.0 Å². The van der Waals surface area contributed by atoms with Crippen LogP contribution >= 0.6 is 12.4 Å². The molecule has 3 rings (SSSR count). The Morgan fingerprint density at radius 1 is 1.22 bits per heavy atom. The quantitative estimate of drug-likeness (QED) is 0.940. The summed E-state index contributed by atoms with van der Waals surface area (Å²) in [5.74, 6) is 0.731. The molecule has 0 saturated carbocycles. The number of carbonyl (C=O) groups excluding carboxylic acids is 1. The number of amides is 1. The van der Waals surface area contributed by atoms with Gasteiger partial charge in [0, 0.05) is 12.2 Å². The Hall–Kier alpha value is -2.04. The topological polar surface area (TPSA) is 55.6 Å². The number of benzene rings is 2. The maximum Gasteiger partial charge on any atom is 0.251 e. The molecule has 0 spiro atoms. The number of nitrogens with zero attached hydrogens (tertiary/aromatic N) is 1. The summed E-state index contributed by atoms with van der Waals surface area (Å²) in [6.07, 6.45) is 0.823. The number of ether oxygens (including phenoxy) is 1.